The van der Waals surface area contributed by atoms with Crippen molar-refractivity contribution in [1.29, 1.82) is 0 Å². The Balaban J connectivity index is 4.32. The van der Waals surface area contributed by atoms with Gasteiger partial charge in [-0.1, -0.05) is 65.5 Å². The molecule has 0 aromatic carbocycles. The Morgan fingerprint density at radius 3 is 2.07 bits per heavy atom. The van der Waals surface area contributed by atoms with Crippen molar-refractivity contribution in [2.24, 2.45) is 17.8 Å². The average molecular weight is 210 g/mol. The van der Waals surface area contributed by atoms with Crippen LogP contribution in [0.3, 0.4) is 0 Å². The Labute approximate surface area is 97.2 Å². The van der Waals surface area contributed by atoms with E-state index in [9.17, 15) is 0 Å². The highest BCUT2D eigenvalue weighted by molar-refractivity contribution is 4.98. The smallest absolute Gasteiger partial charge is 0.0183 e. The quantitative estimate of drug-likeness (QED) is 0.468. The molecule has 3 unspecified atom stereocenters. The Hall–Kier alpha value is -0.260. The normalized spacial score (nSPS) is 17.1. The number of allylic oxidation sites excluding steroid dienone is 1. The van der Waals surface area contributed by atoms with E-state index < -0.39 is 0 Å². The van der Waals surface area contributed by atoms with Crippen LogP contribution < -0.4 is 0 Å². The first kappa shape index (κ1) is 14.7. The first-order valence-corrected chi connectivity index (χ1v) is 6.73. The average Bonchev–Trinajstić information content (AvgIpc) is 2.19. The fourth-order valence-electron chi connectivity index (χ4n) is 2.80. The van der Waals surface area contributed by atoms with E-state index in [1.54, 1.807) is 0 Å². The molecule has 0 heteroatoms. The van der Waals surface area contributed by atoms with Crippen molar-refractivity contribution in [3.63, 3.8) is 0 Å². The molecule has 0 rings (SSSR count). The fraction of sp³-hybridized carbons (Fsp3) is 0.867. The van der Waals surface area contributed by atoms with Gasteiger partial charge in [-0.05, 0) is 31.1 Å². The lowest BCUT2D eigenvalue weighted by molar-refractivity contribution is 0.244. The van der Waals surface area contributed by atoms with Gasteiger partial charge < -0.3 is 0 Å². The van der Waals surface area contributed by atoms with Crippen molar-refractivity contribution in [1.82, 2.24) is 0 Å². The molecule has 0 aliphatic carbocycles. The molecule has 0 fully saturated rings. The highest BCUT2D eigenvalue weighted by Gasteiger charge is 2.23. The van der Waals surface area contributed by atoms with Crippen molar-refractivity contribution in [3.8, 4) is 0 Å². The van der Waals surface area contributed by atoms with Crippen molar-refractivity contribution >= 4 is 0 Å². The maximum absolute atomic E-state index is 4.14. The minimum absolute atomic E-state index is 0.729. The number of hydrogen-bond acceptors (Lipinski definition) is 0. The summed E-state index contributed by atoms with van der Waals surface area (Å²) in [6.07, 6.45) is 6.69. The zero-order chi connectivity index (χ0) is 11.8. The third kappa shape index (κ3) is 4.86. The second-order valence-corrected chi connectivity index (χ2v) is 5.03. The molecular formula is C15H30. The Kier molecular flexibility index (Phi) is 7.82. The molecule has 0 bridgehead atoms. The van der Waals surface area contributed by atoms with Gasteiger partial charge in [0.1, 0.15) is 0 Å². The zero-order valence-corrected chi connectivity index (χ0v) is 11.5. The molecule has 0 nitrogen and oxygen atoms in total. The van der Waals surface area contributed by atoms with Gasteiger partial charge in [-0.2, -0.15) is 0 Å². The van der Waals surface area contributed by atoms with Crippen molar-refractivity contribution in [2.75, 3.05) is 0 Å². The highest BCUT2D eigenvalue weighted by atomic mass is 14.3. The summed E-state index contributed by atoms with van der Waals surface area (Å²) in [5, 5.41) is 0. The van der Waals surface area contributed by atoms with Crippen LogP contribution in [0.15, 0.2) is 12.2 Å². The summed E-state index contributed by atoms with van der Waals surface area (Å²) in [5.41, 5.74) is 1.37. The molecule has 15 heavy (non-hydrogen) atoms. The molecule has 0 radical (unpaired) electrons. The van der Waals surface area contributed by atoms with Crippen LogP contribution in [-0.2, 0) is 0 Å². The van der Waals surface area contributed by atoms with E-state index in [-0.39, 0.29) is 0 Å². The van der Waals surface area contributed by atoms with Gasteiger partial charge in [0, 0.05) is 0 Å². The largest absolute Gasteiger partial charge is 0.0999 e. The monoisotopic (exact) mass is 210 g/mol. The molecule has 0 heterocycles. The van der Waals surface area contributed by atoms with Crippen LogP contribution in [0.25, 0.3) is 0 Å². The molecule has 0 aromatic heterocycles. The molecule has 0 amide bonds. The van der Waals surface area contributed by atoms with Crippen molar-refractivity contribution in [2.45, 2.75) is 66.7 Å². The molecule has 0 aliphatic rings. The minimum atomic E-state index is 0.729. The molecular weight excluding hydrogens is 180 g/mol. The van der Waals surface area contributed by atoms with E-state index >= 15 is 0 Å². The maximum atomic E-state index is 4.14. The summed E-state index contributed by atoms with van der Waals surface area (Å²) in [6, 6.07) is 0. The summed E-state index contributed by atoms with van der Waals surface area (Å²) >= 11 is 0. The Morgan fingerprint density at radius 2 is 1.73 bits per heavy atom. The minimum Gasteiger partial charge on any atom is -0.0999 e. The summed E-state index contributed by atoms with van der Waals surface area (Å²) in [6.45, 7) is 15.7. The Morgan fingerprint density at radius 1 is 1.13 bits per heavy atom. The molecule has 3 atom stereocenters. The summed E-state index contributed by atoms with van der Waals surface area (Å²) in [5.74, 6) is 2.43. The van der Waals surface area contributed by atoms with Crippen molar-refractivity contribution in [3.05, 3.63) is 12.2 Å². The SMILES string of the molecule is C=C(C)C(CC)C(C)C(CC)CCCC. The van der Waals surface area contributed by atoms with Gasteiger partial charge in [-0.15, -0.1) is 0 Å². The van der Waals surface area contributed by atoms with Gasteiger partial charge in [0.05, 0.1) is 0 Å². The fourth-order valence-corrected chi connectivity index (χ4v) is 2.80. The molecule has 0 aromatic rings. The molecule has 0 N–H and O–H groups in total. The van der Waals surface area contributed by atoms with Crippen LogP contribution in [0.4, 0.5) is 0 Å². The summed E-state index contributed by atoms with van der Waals surface area (Å²) < 4.78 is 0. The van der Waals surface area contributed by atoms with E-state index in [1.165, 1.54) is 37.7 Å². The second kappa shape index (κ2) is 7.96. The second-order valence-electron chi connectivity index (χ2n) is 5.03. The lowest BCUT2D eigenvalue weighted by Gasteiger charge is -2.30. The van der Waals surface area contributed by atoms with Crippen LogP contribution in [0, 0.1) is 17.8 Å². The standard InChI is InChI=1S/C15H30/c1-7-10-11-14(8-2)13(6)15(9-3)12(4)5/h13-15H,4,7-11H2,1-3,5-6H3. The predicted octanol–water partition coefficient (Wildman–Crippen LogP) is 5.44. The van der Waals surface area contributed by atoms with E-state index in [4.69, 9.17) is 0 Å². The first-order chi connectivity index (χ1) is 7.08. The van der Waals surface area contributed by atoms with Crippen LogP contribution >= 0.6 is 0 Å². The van der Waals surface area contributed by atoms with Crippen molar-refractivity contribution < 1.29 is 0 Å². The van der Waals surface area contributed by atoms with E-state index in [1.807, 2.05) is 0 Å². The highest BCUT2D eigenvalue weighted by Crippen LogP contribution is 2.33. The predicted molar refractivity (Wildman–Crippen MR) is 71.1 cm³/mol. The molecule has 0 saturated heterocycles. The summed E-state index contributed by atoms with van der Waals surface area (Å²) in [7, 11) is 0. The Bertz CT molecular complexity index is 169. The maximum Gasteiger partial charge on any atom is -0.0183 e. The summed E-state index contributed by atoms with van der Waals surface area (Å²) in [4.78, 5) is 0. The molecule has 0 spiro atoms. The van der Waals surface area contributed by atoms with Gasteiger partial charge in [0.2, 0.25) is 0 Å². The molecule has 0 aliphatic heterocycles. The van der Waals surface area contributed by atoms with Gasteiger partial charge in [0.15, 0.2) is 0 Å². The van der Waals surface area contributed by atoms with Gasteiger partial charge in [-0.25, -0.2) is 0 Å². The lowest BCUT2D eigenvalue weighted by atomic mass is 9.75. The van der Waals surface area contributed by atoms with Gasteiger partial charge in [0.25, 0.3) is 0 Å². The van der Waals surface area contributed by atoms with Gasteiger partial charge >= 0.3 is 0 Å². The molecule has 0 saturated carbocycles. The first-order valence-electron chi connectivity index (χ1n) is 6.73. The lowest BCUT2D eigenvalue weighted by Crippen LogP contribution is -2.21. The third-order valence-electron chi connectivity index (χ3n) is 3.90. The topological polar surface area (TPSA) is 0 Å². The number of unbranched alkanes of at least 4 members (excludes halogenated alkanes) is 1. The van der Waals surface area contributed by atoms with E-state index in [0.29, 0.717) is 0 Å². The van der Waals surface area contributed by atoms with Crippen LogP contribution in [0.2, 0.25) is 0 Å². The van der Waals surface area contributed by atoms with E-state index in [2.05, 4.69) is 41.2 Å². The number of rotatable bonds is 8. The van der Waals surface area contributed by atoms with Gasteiger partial charge in [-0.3, -0.25) is 0 Å². The third-order valence-corrected chi connectivity index (χ3v) is 3.90. The van der Waals surface area contributed by atoms with E-state index in [0.717, 1.165) is 17.8 Å². The number of hydrogen-bond donors (Lipinski definition) is 0. The zero-order valence-electron chi connectivity index (χ0n) is 11.5. The molecule has 90 valence electrons. The van der Waals surface area contributed by atoms with Crippen LogP contribution in [0.1, 0.15) is 66.7 Å². The van der Waals surface area contributed by atoms with Crippen LogP contribution in [-0.4, -0.2) is 0 Å². The van der Waals surface area contributed by atoms with Crippen LogP contribution in [0.5, 0.6) is 0 Å².